The van der Waals surface area contributed by atoms with Gasteiger partial charge in [0, 0.05) is 0 Å². The SMILES string of the molecule is Cc1cccc(C)c1CS(=O)(=O)c1ccc(F)cc1N. The summed E-state index contributed by atoms with van der Waals surface area (Å²) in [6, 6.07) is 8.96. The summed E-state index contributed by atoms with van der Waals surface area (Å²) in [5, 5.41) is 0. The molecule has 0 amide bonds. The highest BCUT2D eigenvalue weighted by Crippen LogP contribution is 2.25. The zero-order valence-corrected chi connectivity index (χ0v) is 12.2. The topological polar surface area (TPSA) is 60.2 Å². The van der Waals surface area contributed by atoms with Crippen LogP contribution in [0, 0.1) is 19.7 Å². The van der Waals surface area contributed by atoms with E-state index in [0.717, 1.165) is 28.8 Å². The van der Waals surface area contributed by atoms with Crippen molar-refractivity contribution in [2.24, 2.45) is 0 Å². The second-order valence-electron chi connectivity index (χ2n) is 4.81. The molecule has 0 saturated heterocycles. The van der Waals surface area contributed by atoms with Gasteiger partial charge < -0.3 is 5.73 Å². The molecule has 20 heavy (non-hydrogen) atoms. The molecule has 0 aliphatic heterocycles. The van der Waals surface area contributed by atoms with Gasteiger partial charge in [-0.05, 0) is 48.7 Å². The van der Waals surface area contributed by atoms with Crippen LogP contribution in [0.2, 0.25) is 0 Å². The second kappa shape index (κ2) is 5.25. The van der Waals surface area contributed by atoms with Crippen molar-refractivity contribution in [1.82, 2.24) is 0 Å². The van der Waals surface area contributed by atoms with E-state index in [1.165, 1.54) is 6.07 Å². The van der Waals surface area contributed by atoms with Crippen molar-refractivity contribution in [3.63, 3.8) is 0 Å². The number of rotatable bonds is 3. The average Bonchev–Trinajstić information content (AvgIpc) is 2.33. The summed E-state index contributed by atoms with van der Waals surface area (Å²) in [4.78, 5) is -0.0263. The number of anilines is 1. The summed E-state index contributed by atoms with van der Waals surface area (Å²) < 4.78 is 37.9. The molecule has 3 nitrogen and oxygen atoms in total. The van der Waals surface area contributed by atoms with Crippen LogP contribution in [0.1, 0.15) is 16.7 Å². The highest BCUT2D eigenvalue weighted by Gasteiger charge is 2.20. The normalized spacial score (nSPS) is 11.6. The first-order chi connectivity index (χ1) is 9.31. The molecule has 5 heteroatoms. The molecule has 0 aliphatic carbocycles. The Morgan fingerprint density at radius 1 is 1.10 bits per heavy atom. The summed E-state index contributed by atoms with van der Waals surface area (Å²) >= 11 is 0. The highest BCUT2D eigenvalue weighted by molar-refractivity contribution is 7.90. The van der Waals surface area contributed by atoms with Crippen molar-refractivity contribution in [1.29, 1.82) is 0 Å². The molecule has 0 heterocycles. The van der Waals surface area contributed by atoms with Gasteiger partial charge in [-0.1, -0.05) is 18.2 Å². The van der Waals surface area contributed by atoms with Gasteiger partial charge in [-0.3, -0.25) is 0 Å². The molecular weight excluding hydrogens is 277 g/mol. The van der Waals surface area contributed by atoms with Crippen molar-refractivity contribution in [2.45, 2.75) is 24.5 Å². The van der Waals surface area contributed by atoms with E-state index in [1.54, 1.807) is 0 Å². The van der Waals surface area contributed by atoms with E-state index < -0.39 is 15.7 Å². The van der Waals surface area contributed by atoms with Gasteiger partial charge in [-0.15, -0.1) is 0 Å². The fourth-order valence-electron chi connectivity index (χ4n) is 2.15. The van der Waals surface area contributed by atoms with Crippen LogP contribution in [0.25, 0.3) is 0 Å². The number of hydrogen-bond acceptors (Lipinski definition) is 3. The number of halogens is 1. The maximum Gasteiger partial charge on any atom is 0.184 e. The van der Waals surface area contributed by atoms with Gasteiger partial charge >= 0.3 is 0 Å². The van der Waals surface area contributed by atoms with Crippen molar-refractivity contribution < 1.29 is 12.8 Å². The summed E-state index contributed by atoms with van der Waals surface area (Å²) in [5.41, 5.74) is 8.14. The number of nitrogen functional groups attached to an aromatic ring is 1. The molecule has 2 aromatic rings. The fourth-order valence-corrected chi connectivity index (χ4v) is 3.83. The van der Waals surface area contributed by atoms with Gasteiger partial charge in [0.2, 0.25) is 0 Å². The monoisotopic (exact) mass is 293 g/mol. The smallest absolute Gasteiger partial charge is 0.184 e. The maximum atomic E-state index is 13.0. The highest BCUT2D eigenvalue weighted by atomic mass is 32.2. The largest absolute Gasteiger partial charge is 0.398 e. The minimum absolute atomic E-state index is 0.0263. The van der Waals surface area contributed by atoms with E-state index in [9.17, 15) is 12.8 Å². The van der Waals surface area contributed by atoms with E-state index in [1.807, 2.05) is 32.0 Å². The van der Waals surface area contributed by atoms with Crippen LogP contribution < -0.4 is 5.73 Å². The molecular formula is C15H16FNO2S. The molecule has 2 rings (SSSR count). The van der Waals surface area contributed by atoms with Crippen LogP contribution >= 0.6 is 0 Å². The third kappa shape index (κ3) is 2.82. The van der Waals surface area contributed by atoms with Crippen LogP contribution in [0.15, 0.2) is 41.3 Å². The van der Waals surface area contributed by atoms with Gasteiger partial charge in [0.15, 0.2) is 9.84 Å². The molecule has 0 spiro atoms. The van der Waals surface area contributed by atoms with E-state index in [4.69, 9.17) is 5.73 Å². The van der Waals surface area contributed by atoms with Crippen molar-refractivity contribution >= 4 is 15.5 Å². The quantitative estimate of drug-likeness (QED) is 0.699. The van der Waals surface area contributed by atoms with Crippen LogP contribution in [0.5, 0.6) is 0 Å². The van der Waals surface area contributed by atoms with Gasteiger partial charge in [-0.2, -0.15) is 0 Å². The minimum Gasteiger partial charge on any atom is -0.398 e. The Kier molecular flexibility index (Phi) is 3.81. The lowest BCUT2D eigenvalue weighted by molar-refractivity contribution is 0.594. The molecule has 0 unspecified atom stereocenters. The Morgan fingerprint density at radius 3 is 2.25 bits per heavy atom. The number of sulfone groups is 1. The lowest BCUT2D eigenvalue weighted by Crippen LogP contribution is -2.10. The summed E-state index contributed by atoms with van der Waals surface area (Å²) in [7, 11) is -3.60. The molecule has 2 aromatic carbocycles. The van der Waals surface area contributed by atoms with E-state index >= 15 is 0 Å². The van der Waals surface area contributed by atoms with Crippen molar-refractivity contribution in [3.05, 3.63) is 58.9 Å². The Labute approximate surface area is 118 Å². The van der Waals surface area contributed by atoms with Crippen LogP contribution in [0.4, 0.5) is 10.1 Å². The second-order valence-corrected chi connectivity index (χ2v) is 6.77. The molecule has 0 aliphatic rings. The fraction of sp³-hybridized carbons (Fsp3) is 0.200. The lowest BCUT2D eigenvalue weighted by atomic mass is 10.1. The van der Waals surface area contributed by atoms with E-state index in [0.29, 0.717) is 0 Å². The average molecular weight is 293 g/mol. The molecule has 2 N–H and O–H groups in total. The van der Waals surface area contributed by atoms with Crippen molar-refractivity contribution in [2.75, 3.05) is 5.73 Å². The molecule has 0 bridgehead atoms. The Morgan fingerprint density at radius 2 is 1.70 bits per heavy atom. The van der Waals surface area contributed by atoms with E-state index in [2.05, 4.69) is 0 Å². The molecule has 0 aromatic heterocycles. The zero-order valence-electron chi connectivity index (χ0n) is 11.4. The number of aryl methyl sites for hydroxylation is 2. The maximum absolute atomic E-state index is 13.0. The Hall–Kier alpha value is -1.88. The van der Waals surface area contributed by atoms with Crippen molar-refractivity contribution in [3.8, 4) is 0 Å². The molecule has 106 valence electrons. The standard InChI is InChI=1S/C15H16FNO2S/c1-10-4-3-5-11(2)13(10)9-20(18,19)15-7-6-12(16)8-14(15)17/h3-8H,9,17H2,1-2H3. The third-order valence-electron chi connectivity index (χ3n) is 3.29. The van der Waals surface area contributed by atoms with Gasteiger partial charge in [0.25, 0.3) is 0 Å². The molecule has 0 atom stereocenters. The summed E-state index contributed by atoms with van der Waals surface area (Å²) in [5.74, 6) is -0.685. The van der Waals surface area contributed by atoms with Gasteiger partial charge in [0.05, 0.1) is 16.3 Å². The minimum atomic E-state index is -3.60. The van der Waals surface area contributed by atoms with Crippen LogP contribution in [-0.4, -0.2) is 8.42 Å². The number of nitrogens with two attached hydrogens (primary N) is 1. The third-order valence-corrected chi connectivity index (χ3v) is 5.00. The Bertz CT molecular complexity index is 734. The van der Waals surface area contributed by atoms with Gasteiger partial charge in [-0.25, -0.2) is 12.8 Å². The first-order valence-electron chi connectivity index (χ1n) is 6.14. The first-order valence-corrected chi connectivity index (χ1v) is 7.79. The Balaban J connectivity index is 2.46. The van der Waals surface area contributed by atoms with Crippen LogP contribution in [0.3, 0.4) is 0 Å². The molecule has 0 saturated carbocycles. The lowest BCUT2D eigenvalue weighted by Gasteiger charge is -2.12. The first kappa shape index (κ1) is 14.5. The number of benzene rings is 2. The predicted molar refractivity (Wildman–Crippen MR) is 77.6 cm³/mol. The molecule has 0 radical (unpaired) electrons. The van der Waals surface area contributed by atoms with Crippen LogP contribution in [-0.2, 0) is 15.6 Å². The molecule has 0 fully saturated rings. The zero-order chi connectivity index (χ0) is 14.9. The summed E-state index contributed by atoms with van der Waals surface area (Å²) in [6.45, 7) is 3.73. The summed E-state index contributed by atoms with van der Waals surface area (Å²) in [6.07, 6.45) is 0. The number of hydrogen-bond donors (Lipinski definition) is 1. The predicted octanol–water partition coefficient (Wildman–Crippen LogP) is 3.00. The van der Waals surface area contributed by atoms with Gasteiger partial charge in [0.1, 0.15) is 5.82 Å². The van der Waals surface area contributed by atoms with E-state index in [-0.39, 0.29) is 16.3 Å².